The first-order valence-corrected chi connectivity index (χ1v) is 13.6. The van der Waals surface area contributed by atoms with Crippen LogP contribution in [0.3, 0.4) is 0 Å². The number of nitrogens with one attached hydrogen (secondary N) is 1. The van der Waals surface area contributed by atoms with Crippen molar-refractivity contribution in [1.29, 1.82) is 0 Å². The van der Waals surface area contributed by atoms with Crippen molar-refractivity contribution in [3.8, 4) is 0 Å². The van der Waals surface area contributed by atoms with Crippen molar-refractivity contribution in [3.63, 3.8) is 0 Å². The normalized spacial score (nSPS) is 40.5. The minimum Gasteiger partial charge on any atom is -0.381 e. The molecule has 190 valence electrons. The Hall–Kier alpha value is -0.690. The molecule has 0 aromatic carbocycles. The van der Waals surface area contributed by atoms with Crippen LogP contribution in [-0.2, 0) is 19.0 Å². The number of hydrogen-bond acceptors (Lipinski definition) is 5. The Morgan fingerprint density at radius 2 is 2.03 bits per heavy atom. The number of carbonyl (C=O) groups is 1. The van der Waals surface area contributed by atoms with Gasteiger partial charge >= 0.3 is 0 Å². The molecule has 0 bridgehead atoms. The molecule has 0 radical (unpaired) electrons. The molecule has 1 N–H and O–H groups in total. The summed E-state index contributed by atoms with van der Waals surface area (Å²) < 4.78 is 18.6. The van der Waals surface area contributed by atoms with E-state index in [9.17, 15) is 4.79 Å². The van der Waals surface area contributed by atoms with Crippen LogP contribution in [-0.4, -0.2) is 74.1 Å². The number of carbonyl (C=O) groups excluding carboxylic acids is 1. The summed E-state index contributed by atoms with van der Waals surface area (Å²) >= 11 is 0. The zero-order valence-electron chi connectivity index (χ0n) is 21.7. The highest BCUT2D eigenvalue weighted by Crippen LogP contribution is 2.60. The lowest BCUT2D eigenvalue weighted by atomic mass is 9.64. The lowest BCUT2D eigenvalue weighted by Crippen LogP contribution is -2.52. The summed E-state index contributed by atoms with van der Waals surface area (Å²) in [7, 11) is 4.05. The number of ether oxygens (including phenoxy) is 3. The van der Waals surface area contributed by atoms with E-state index in [0.717, 1.165) is 51.7 Å². The van der Waals surface area contributed by atoms with E-state index in [0.29, 0.717) is 36.3 Å². The fourth-order valence-electron chi connectivity index (χ4n) is 6.93. The Kier molecular flexibility index (Phi) is 8.09. The predicted molar refractivity (Wildman–Crippen MR) is 130 cm³/mol. The minimum atomic E-state index is -0.129. The highest BCUT2D eigenvalue weighted by Gasteiger charge is 2.71. The maximum absolute atomic E-state index is 12.4. The average Bonchev–Trinajstić information content (AvgIpc) is 3.65. The molecule has 4 fully saturated rings. The summed E-state index contributed by atoms with van der Waals surface area (Å²) in [5, 5.41) is 3.15. The van der Waals surface area contributed by atoms with Gasteiger partial charge in [0.15, 0.2) is 0 Å². The summed E-state index contributed by atoms with van der Waals surface area (Å²) in [4.78, 5) is 14.8. The second-order valence-electron chi connectivity index (χ2n) is 11.9. The van der Waals surface area contributed by atoms with E-state index in [4.69, 9.17) is 14.2 Å². The second kappa shape index (κ2) is 10.5. The lowest BCUT2D eigenvalue weighted by Gasteiger charge is -2.43. The van der Waals surface area contributed by atoms with E-state index in [1.165, 1.54) is 25.8 Å². The first-order valence-electron chi connectivity index (χ1n) is 13.6. The zero-order chi connectivity index (χ0) is 23.6. The topological polar surface area (TPSA) is 66.6 Å². The van der Waals surface area contributed by atoms with Gasteiger partial charge in [-0.15, -0.1) is 0 Å². The number of rotatable bonds is 12. The van der Waals surface area contributed by atoms with Gasteiger partial charge in [0.05, 0.1) is 24.4 Å². The molecule has 33 heavy (non-hydrogen) atoms. The predicted octanol–water partition coefficient (Wildman–Crippen LogP) is 4.16. The number of hydrogen-bond donors (Lipinski definition) is 1. The molecule has 1 spiro atoms. The molecule has 3 heterocycles. The van der Waals surface area contributed by atoms with Crippen LogP contribution in [0.15, 0.2) is 0 Å². The molecule has 1 amide bonds. The van der Waals surface area contributed by atoms with E-state index < -0.39 is 0 Å². The molecule has 6 nitrogen and oxygen atoms in total. The average molecular weight is 465 g/mol. The Labute approximate surface area is 201 Å². The molecule has 2 unspecified atom stereocenters. The molecule has 6 heteroatoms. The van der Waals surface area contributed by atoms with Gasteiger partial charge in [0.25, 0.3) is 0 Å². The highest BCUT2D eigenvalue weighted by atomic mass is 16.6. The van der Waals surface area contributed by atoms with Gasteiger partial charge in [-0.25, -0.2) is 0 Å². The van der Waals surface area contributed by atoms with E-state index in [1.807, 2.05) is 7.11 Å². The van der Waals surface area contributed by atoms with Crippen LogP contribution >= 0.6 is 0 Å². The van der Waals surface area contributed by atoms with Crippen molar-refractivity contribution in [2.24, 2.45) is 17.8 Å². The number of epoxide rings is 2. The third-order valence-electron chi connectivity index (χ3n) is 9.14. The number of methoxy groups -OCH3 is 1. The van der Waals surface area contributed by atoms with Crippen LogP contribution in [0.1, 0.15) is 85.0 Å². The second-order valence-corrected chi connectivity index (χ2v) is 11.9. The van der Waals surface area contributed by atoms with Gasteiger partial charge in [-0.05, 0) is 90.1 Å². The molecule has 1 saturated carbocycles. The van der Waals surface area contributed by atoms with Gasteiger partial charge < -0.3 is 24.4 Å². The van der Waals surface area contributed by atoms with Gasteiger partial charge in [0.2, 0.25) is 5.91 Å². The fourth-order valence-corrected chi connectivity index (χ4v) is 6.93. The van der Waals surface area contributed by atoms with Crippen LogP contribution in [0.2, 0.25) is 0 Å². The minimum absolute atomic E-state index is 0.0384. The molecule has 1 aliphatic carbocycles. The third-order valence-corrected chi connectivity index (χ3v) is 9.14. The summed E-state index contributed by atoms with van der Waals surface area (Å²) in [5.74, 6) is 1.67. The van der Waals surface area contributed by atoms with Crippen molar-refractivity contribution in [2.75, 3.05) is 33.9 Å². The number of likely N-dealkylation sites (tertiary alicyclic amines) is 1. The Morgan fingerprint density at radius 1 is 1.24 bits per heavy atom. The zero-order valence-corrected chi connectivity index (χ0v) is 21.7. The fraction of sp³-hybridized carbons (Fsp3) is 0.963. The van der Waals surface area contributed by atoms with Crippen molar-refractivity contribution < 1.29 is 19.0 Å². The van der Waals surface area contributed by atoms with Crippen LogP contribution in [0, 0.1) is 17.8 Å². The first kappa shape index (κ1) is 25.4. The first-order chi connectivity index (χ1) is 15.8. The van der Waals surface area contributed by atoms with E-state index in [1.54, 1.807) is 0 Å². The summed E-state index contributed by atoms with van der Waals surface area (Å²) in [6, 6.07) is 0.638. The quantitative estimate of drug-likeness (QED) is 0.439. The van der Waals surface area contributed by atoms with Crippen LogP contribution < -0.4 is 5.32 Å². The molecule has 3 aliphatic heterocycles. The number of nitrogens with zero attached hydrogens (tertiary/aromatic N) is 1. The highest BCUT2D eigenvalue weighted by molar-refractivity contribution is 5.75. The molecule has 4 rings (SSSR count). The lowest BCUT2D eigenvalue weighted by molar-refractivity contribution is -0.121. The van der Waals surface area contributed by atoms with Crippen LogP contribution in [0.25, 0.3) is 0 Å². The van der Waals surface area contributed by atoms with E-state index in [2.05, 4.69) is 38.0 Å². The Bertz CT molecular complexity index is 667. The van der Waals surface area contributed by atoms with Gasteiger partial charge in [-0.3, -0.25) is 4.79 Å². The molecule has 7 atom stereocenters. The Balaban J connectivity index is 1.24. The molecule has 0 aromatic heterocycles. The monoisotopic (exact) mass is 464 g/mol. The number of amides is 1. The summed E-state index contributed by atoms with van der Waals surface area (Å²) in [6.45, 7) is 9.69. The molecular weight excluding hydrogens is 416 g/mol. The summed E-state index contributed by atoms with van der Waals surface area (Å²) in [6.07, 6.45) is 11.2. The molecule has 3 saturated heterocycles. The van der Waals surface area contributed by atoms with Gasteiger partial charge in [-0.2, -0.15) is 0 Å². The van der Waals surface area contributed by atoms with Gasteiger partial charge in [0, 0.05) is 32.0 Å². The van der Waals surface area contributed by atoms with Crippen molar-refractivity contribution in [2.45, 2.75) is 114 Å². The maximum Gasteiger partial charge on any atom is 0.219 e. The van der Waals surface area contributed by atoms with Crippen LogP contribution in [0.4, 0.5) is 0 Å². The van der Waals surface area contributed by atoms with Crippen molar-refractivity contribution >= 4 is 5.91 Å². The third kappa shape index (κ3) is 5.76. The summed E-state index contributed by atoms with van der Waals surface area (Å²) in [5.41, 5.74) is -0.168. The van der Waals surface area contributed by atoms with Crippen LogP contribution in [0.5, 0.6) is 0 Å². The maximum atomic E-state index is 12.4. The smallest absolute Gasteiger partial charge is 0.219 e. The molecular formula is C27H48N2O4. The van der Waals surface area contributed by atoms with Gasteiger partial charge in [-0.1, -0.05) is 13.8 Å². The van der Waals surface area contributed by atoms with Gasteiger partial charge in [0.1, 0.15) is 5.60 Å². The van der Waals surface area contributed by atoms with E-state index >= 15 is 0 Å². The van der Waals surface area contributed by atoms with Crippen molar-refractivity contribution in [1.82, 2.24) is 10.2 Å². The molecule has 0 aromatic rings. The van der Waals surface area contributed by atoms with Crippen molar-refractivity contribution in [3.05, 3.63) is 0 Å². The van der Waals surface area contributed by atoms with E-state index in [-0.39, 0.29) is 23.2 Å². The standard InChI is InChI=1S/C27H48N2O4/c1-19(2)11-12-22-26(3,33-22)25-24(31-5)20(13-15-27(25)18-32-27)8-6-10-23(30)28-16-14-21-9-7-17-29(21)4/h19-22,24-25H,6-18H2,1-5H3,(H,28,30)/t20?,21?,22-,24-,25-,26-,27+/m1/s1. The Morgan fingerprint density at radius 3 is 2.67 bits per heavy atom. The molecule has 4 aliphatic rings. The largest absolute Gasteiger partial charge is 0.381 e. The SMILES string of the molecule is CO[C@@H]1C(CCCC(=O)NCCC2CCCN2C)CC[C@]2(CO2)[C@H]1[C@]1(C)O[C@@H]1CCC(C)C.